The Balaban J connectivity index is 2.22. The van der Waals surface area contributed by atoms with Gasteiger partial charge in [0.05, 0.1) is 5.69 Å². The molecule has 1 heterocycles. The molecule has 0 spiro atoms. The van der Waals surface area contributed by atoms with E-state index in [4.69, 9.17) is 5.73 Å². The van der Waals surface area contributed by atoms with Gasteiger partial charge in [0.15, 0.2) is 0 Å². The molecule has 0 bridgehead atoms. The van der Waals surface area contributed by atoms with Crippen molar-refractivity contribution in [1.29, 1.82) is 0 Å². The summed E-state index contributed by atoms with van der Waals surface area (Å²) in [5, 5.41) is 4.33. The van der Waals surface area contributed by atoms with E-state index in [2.05, 4.69) is 5.10 Å². The van der Waals surface area contributed by atoms with Crippen LogP contribution in [0.15, 0.2) is 18.2 Å². The van der Waals surface area contributed by atoms with Crippen LogP contribution in [0.4, 0.5) is 10.2 Å². The van der Waals surface area contributed by atoms with Crippen molar-refractivity contribution in [2.24, 2.45) is 0 Å². The first kappa shape index (κ1) is 10.3. The van der Waals surface area contributed by atoms with Crippen LogP contribution < -0.4 is 5.73 Å². The fourth-order valence-corrected chi connectivity index (χ4v) is 2.48. The number of benzene rings is 1. The molecule has 88 valence electrons. The van der Waals surface area contributed by atoms with Crippen molar-refractivity contribution in [1.82, 2.24) is 9.78 Å². The second-order valence-electron chi connectivity index (χ2n) is 4.51. The molecule has 0 fully saturated rings. The zero-order valence-corrected chi connectivity index (χ0v) is 9.70. The summed E-state index contributed by atoms with van der Waals surface area (Å²) in [5.74, 6) is 0.340. The Morgan fingerprint density at radius 2 is 2.18 bits per heavy atom. The summed E-state index contributed by atoms with van der Waals surface area (Å²) < 4.78 is 15.1. The second-order valence-corrected chi connectivity index (χ2v) is 4.51. The van der Waals surface area contributed by atoms with E-state index < -0.39 is 0 Å². The van der Waals surface area contributed by atoms with E-state index in [1.54, 1.807) is 10.7 Å². The molecule has 0 saturated heterocycles. The van der Waals surface area contributed by atoms with Crippen molar-refractivity contribution < 1.29 is 4.39 Å². The van der Waals surface area contributed by atoms with Gasteiger partial charge in [-0.05, 0) is 43.9 Å². The van der Waals surface area contributed by atoms with Crippen LogP contribution in [0, 0.1) is 12.7 Å². The van der Waals surface area contributed by atoms with Crippen LogP contribution in [0.5, 0.6) is 0 Å². The third-order valence-corrected chi connectivity index (χ3v) is 3.36. The highest BCUT2D eigenvalue weighted by molar-refractivity contribution is 5.51. The molecule has 0 saturated carbocycles. The number of aryl methyl sites for hydroxylation is 1. The van der Waals surface area contributed by atoms with Gasteiger partial charge in [0.2, 0.25) is 0 Å². The number of nitrogen functional groups attached to an aromatic ring is 1. The maximum Gasteiger partial charge on any atom is 0.149 e. The summed E-state index contributed by atoms with van der Waals surface area (Å²) in [6.07, 6.45) is 3.05. The van der Waals surface area contributed by atoms with Crippen molar-refractivity contribution in [2.75, 3.05) is 5.73 Å². The average Bonchev–Trinajstić information content (AvgIpc) is 2.87. The molecule has 1 aliphatic rings. The summed E-state index contributed by atoms with van der Waals surface area (Å²) in [5.41, 5.74) is 9.96. The standard InChI is InChI=1S/C13H14FN3/c1-8-5-6-9(14)7-12(8)17-11-4-2-3-10(11)13(15)16-17/h5-7H,2-4H2,1H3,(H2,15,16). The molecule has 0 aliphatic heterocycles. The van der Waals surface area contributed by atoms with Gasteiger partial charge in [-0.15, -0.1) is 0 Å². The quantitative estimate of drug-likeness (QED) is 0.819. The fraction of sp³-hybridized carbons (Fsp3) is 0.308. The number of nitrogens with zero attached hydrogens (tertiary/aromatic N) is 2. The van der Waals surface area contributed by atoms with Crippen molar-refractivity contribution in [2.45, 2.75) is 26.2 Å². The minimum atomic E-state index is -0.244. The van der Waals surface area contributed by atoms with Crippen LogP contribution >= 0.6 is 0 Å². The van der Waals surface area contributed by atoms with E-state index in [1.807, 2.05) is 6.92 Å². The third-order valence-electron chi connectivity index (χ3n) is 3.36. The predicted molar refractivity (Wildman–Crippen MR) is 64.7 cm³/mol. The first-order chi connectivity index (χ1) is 8.16. The molecule has 2 N–H and O–H groups in total. The number of hydrogen-bond acceptors (Lipinski definition) is 2. The molecule has 1 aromatic carbocycles. The lowest BCUT2D eigenvalue weighted by Gasteiger charge is -2.08. The van der Waals surface area contributed by atoms with E-state index in [9.17, 15) is 4.39 Å². The van der Waals surface area contributed by atoms with Crippen molar-refractivity contribution in [3.8, 4) is 5.69 Å². The van der Waals surface area contributed by atoms with Gasteiger partial charge in [-0.3, -0.25) is 0 Å². The number of halogens is 1. The molecule has 4 heteroatoms. The van der Waals surface area contributed by atoms with Crippen LogP contribution in [0.2, 0.25) is 0 Å². The first-order valence-electron chi connectivity index (χ1n) is 5.79. The number of rotatable bonds is 1. The van der Waals surface area contributed by atoms with Crippen LogP contribution in [-0.2, 0) is 12.8 Å². The van der Waals surface area contributed by atoms with Gasteiger partial charge in [-0.25, -0.2) is 9.07 Å². The monoisotopic (exact) mass is 231 g/mol. The molecule has 1 aliphatic carbocycles. The highest BCUT2D eigenvalue weighted by Gasteiger charge is 2.22. The molecule has 2 aromatic rings. The molecule has 0 unspecified atom stereocenters. The van der Waals surface area contributed by atoms with Crippen LogP contribution in [0.1, 0.15) is 23.2 Å². The van der Waals surface area contributed by atoms with Crippen LogP contribution in [-0.4, -0.2) is 9.78 Å². The zero-order valence-electron chi connectivity index (χ0n) is 9.70. The smallest absolute Gasteiger partial charge is 0.149 e. The summed E-state index contributed by atoms with van der Waals surface area (Å²) in [6.45, 7) is 1.95. The Hall–Kier alpha value is -1.84. The topological polar surface area (TPSA) is 43.8 Å². The number of fused-ring (bicyclic) bond motifs is 1. The Kier molecular flexibility index (Phi) is 2.18. The minimum Gasteiger partial charge on any atom is -0.382 e. The van der Waals surface area contributed by atoms with E-state index in [0.29, 0.717) is 5.82 Å². The molecule has 0 amide bonds. The molecule has 0 atom stereocenters. The van der Waals surface area contributed by atoms with Gasteiger partial charge in [-0.1, -0.05) is 6.07 Å². The van der Waals surface area contributed by atoms with Gasteiger partial charge in [0.1, 0.15) is 11.6 Å². The van der Waals surface area contributed by atoms with Gasteiger partial charge in [0.25, 0.3) is 0 Å². The minimum absolute atomic E-state index is 0.244. The van der Waals surface area contributed by atoms with Gasteiger partial charge >= 0.3 is 0 Å². The van der Waals surface area contributed by atoms with Gasteiger partial charge in [-0.2, -0.15) is 5.10 Å². The van der Waals surface area contributed by atoms with Crippen molar-refractivity contribution in [3.63, 3.8) is 0 Å². The predicted octanol–water partition coefficient (Wildman–Crippen LogP) is 2.39. The number of hydrogen-bond donors (Lipinski definition) is 1. The number of anilines is 1. The normalized spacial score (nSPS) is 14.0. The molecule has 1 aromatic heterocycles. The van der Waals surface area contributed by atoms with Crippen LogP contribution in [0.25, 0.3) is 5.69 Å². The SMILES string of the molecule is Cc1ccc(F)cc1-n1nc(N)c2c1CCC2. The highest BCUT2D eigenvalue weighted by Crippen LogP contribution is 2.30. The molecule has 17 heavy (non-hydrogen) atoms. The number of aromatic nitrogens is 2. The third kappa shape index (κ3) is 1.52. The van der Waals surface area contributed by atoms with Crippen molar-refractivity contribution in [3.05, 3.63) is 40.8 Å². The zero-order chi connectivity index (χ0) is 12.0. The lowest BCUT2D eigenvalue weighted by Crippen LogP contribution is -2.04. The molecule has 0 radical (unpaired) electrons. The molecular weight excluding hydrogens is 217 g/mol. The summed E-state index contributed by atoms with van der Waals surface area (Å²) >= 11 is 0. The molecule has 3 rings (SSSR count). The van der Waals surface area contributed by atoms with Crippen LogP contribution in [0.3, 0.4) is 0 Å². The molecule has 3 nitrogen and oxygen atoms in total. The maximum atomic E-state index is 13.3. The van der Waals surface area contributed by atoms with Gasteiger partial charge in [0, 0.05) is 11.3 Å². The van der Waals surface area contributed by atoms with E-state index in [0.717, 1.165) is 41.8 Å². The summed E-state index contributed by atoms with van der Waals surface area (Å²) in [6, 6.07) is 4.75. The Labute approximate surface area is 99.1 Å². The lowest BCUT2D eigenvalue weighted by molar-refractivity contribution is 0.624. The largest absolute Gasteiger partial charge is 0.382 e. The summed E-state index contributed by atoms with van der Waals surface area (Å²) in [4.78, 5) is 0. The van der Waals surface area contributed by atoms with E-state index in [1.165, 1.54) is 12.1 Å². The average molecular weight is 231 g/mol. The van der Waals surface area contributed by atoms with Crippen molar-refractivity contribution >= 4 is 5.82 Å². The number of nitrogens with two attached hydrogens (primary N) is 1. The first-order valence-corrected chi connectivity index (χ1v) is 5.79. The fourth-order valence-electron chi connectivity index (χ4n) is 2.48. The maximum absolute atomic E-state index is 13.3. The molecular formula is C13H14FN3. The van der Waals surface area contributed by atoms with E-state index in [-0.39, 0.29) is 5.82 Å². The summed E-state index contributed by atoms with van der Waals surface area (Å²) in [7, 11) is 0. The van der Waals surface area contributed by atoms with E-state index >= 15 is 0 Å². The second kappa shape index (κ2) is 3.58. The van der Waals surface area contributed by atoms with Gasteiger partial charge < -0.3 is 5.73 Å². The Morgan fingerprint density at radius 3 is 3.00 bits per heavy atom. The lowest BCUT2D eigenvalue weighted by atomic mass is 10.2. The Bertz CT molecular complexity index is 587. The Morgan fingerprint density at radius 1 is 1.35 bits per heavy atom. The highest BCUT2D eigenvalue weighted by atomic mass is 19.1.